The third kappa shape index (κ3) is 5.64. The fourth-order valence-electron chi connectivity index (χ4n) is 3.20. The van der Waals surface area contributed by atoms with Gasteiger partial charge in [0.2, 0.25) is 0 Å². The van der Waals surface area contributed by atoms with Crippen LogP contribution in [0, 0.1) is 0 Å². The molecule has 4 amide bonds. The summed E-state index contributed by atoms with van der Waals surface area (Å²) in [5.41, 5.74) is 8.33. The van der Waals surface area contributed by atoms with Crippen molar-refractivity contribution in [2.45, 2.75) is 19.9 Å². The van der Waals surface area contributed by atoms with Crippen LogP contribution in [0.25, 0.3) is 0 Å². The fourth-order valence-corrected chi connectivity index (χ4v) is 3.95. The second-order valence-corrected chi connectivity index (χ2v) is 9.07. The van der Waals surface area contributed by atoms with Crippen LogP contribution in [0.2, 0.25) is 0 Å². The van der Waals surface area contributed by atoms with Gasteiger partial charge in [0.25, 0.3) is 23.6 Å². The molecule has 0 saturated heterocycles. The van der Waals surface area contributed by atoms with Gasteiger partial charge in [0, 0.05) is 25.1 Å². The van der Waals surface area contributed by atoms with Crippen LogP contribution in [0.5, 0.6) is 0 Å². The molecule has 2 aliphatic rings. The van der Waals surface area contributed by atoms with Gasteiger partial charge in [-0.15, -0.1) is 0 Å². The number of amides is 4. The molecule has 0 saturated carbocycles. The number of hydrogen-bond acceptors (Lipinski definition) is 6. The molecule has 2 aromatic carbocycles. The topological polar surface area (TPSA) is 118 Å². The molecule has 2 heterocycles. The molecular formula is C24H19Br2N3O5. The van der Waals surface area contributed by atoms with Crippen molar-refractivity contribution in [2.24, 2.45) is 5.73 Å². The summed E-state index contributed by atoms with van der Waals surface area (Å²) in [6.45, 7) is 1.95. The Labute approximate surface area is 212 Å². The number of carbonyl (C=O) groups is 5. The zero-order valence-electron chi connectivity index (χ0n) is 18.0. The second kappa shape index (κ2) is 10.8. The summed E-state index contributed by atoms with van der Waals surface area (Å²) in [6, 6.07) is 13.8. The molecule has 0 radical (unpaired) electrons. The van der Waals surface area contributed by atoms with E-state index in [-0.39, 0.29) is 38.4 Å². The van der Waals surface area contributed by atoms with Gasteiger partial charge < -0.3 is 5.73 Å². The van der Waals surface area contributed by atoms with E-state index < -0.39 is 0 Å². The maximum Gasteiger partial charge on any atom is 0.272 e. The molecule has 0 bridgehead atoms. The van der Waals surface area contributed by atoms with Crippen molar-refractivity contribution < 1.29 is 24.0 Å². The Balaban J connectivity index is 0.000000192. The lowest BCUT2D eigenvalue weighted by Crippen LogP contribution is -2.30. The number of halogens is 2. The Hall–Kier alpha value is -3.21. The number of ketones is 1. The highest BCUT2D eigenvalue weighted by Crippen LogP contribution is 2.26. The molecule has 2 aliphatic heterocycles. The number of benzene rings is 2. The molecule has 34 heavy (non-hydrogen) atoms. The number of hydrogen-bond donors (Lipinski definition) is 1. The van der Waals surface area contributed by atoms with E-state index >= 15 is 0 Å². The van der Waals surface area contributed by atoms with E-state index in [1.807, 2.05) is 0 Å². The minimum absolute atomic E-state index is 0.0699. The van der Waals surface area contributed by atoms with Crippen molar-refractivity contribution in [2.75, 3.05) is 9.80 Å². The maximum atomic E-state index is 11.7. The van der Waals surface area contributed by atoms with Gasteiger partial charge in [0.05, 0.1) is 20.3 Å². The van der Waals surface area contributed by atoms with E-state index in [0.29, 0.717) is 24.3 Å². The van der Waals surface area contributed by atoms with Crippen molar-refractivity contribution in [1.29, 1.82) is 0 Å². The van der Waals surface area contributed by atoms with Gasteiger partial charge >= 0.3 is 0 Å². The lowest BCUT2D eigenvalue weighted by atomic mass is 10.1. The number of nitrogens with two attached hydrogens (primary N) is 1. The SMILES string of the molecule is CC(=O)Cc1ccc(N2C(=O)C=C(Br)C2=O)cc1.NCc1ccc(N2C(=O)C=C(Br)C2=O)cc1. The maximum absolute atomic E-state index is 11.7. The number of imide groups is 2. The van der Waals surface area contributed by atoms with E-state index in [1.54, 1.807) is 48.5 Å². The molecule has 0 spiro atoms. The van der Waals surface area contributed by atoms with Crippen molar-refractivity contribution in [3.05, 3.63) is 80.8 Å². The molecule has 0 aromatic heterocycles. The molecule has 4 rings (SSSR count). The lowest BCUT2D eigenvalue weighted by molar-refractivity contribution is -0.121. The van der Waals surface area contributed by atoms with Crippen LogP contribution >= 0.6 is 31.9 Å². The molecule has 0 aliphatic carbocycles. The van der Waals surface area contributed by atoms with E-state index in [9.17, 15) is 24.0 Å². The Morgan fingerprint density at radius 3 is 1.41 bits per heavy atom. The third-order valence-electron chi connectivity index (χ3n) is 4.83. The van der Waals surface area contributed by atoms with E-state index in [4.69, 9.17) is 5.73 Å². The highest BCUT2D eigenvalue weighted by atomic mass is 79.9. The van der Waals surface area contributed by atoms with Crippen LogP contribution < -0.4 is 15.5 Å². The zero-order chi connectivity index (χ0) is 25.0. The average Bonchev–Trinajstić information content (AvgIpc) is 3.21. The first kappa shape index (κ1) is 25.4. The van der Waals surface area contributed by atoms with Crippen molar-refractivity contribution in [3.8, 4) is 0 Å². The summed E-state index contributed by atoms with van der Waals surface area (Å²) >= 11 is 6.07. The van der Waals surface area contributed by atoms with E-state index in [1.165, 1.54) is 19.1 Å². The van der Waals surface area contributed by atoms with Crippen LogP contribution in [-0.4, -0.2) is 29.4 Å². The number of Topliss-reactive ketones (excluding diaryl/α,β-unsaturated/α-hetero) is 1. The highest BCUT2D eigenvalue weighted by molar-refractivity contribution is 9.12. The smallest absolute Gasteiger partial charge is 0.272 e. The van der Waals surface area contributed by atoms with Crippen molar-refractivity contribution in [1.82, 2.24) is 0 Å². The van der Waals surface area contributed by atoms with Crippen molar-refractivity contribution in [3.63, 3.8) is 0 Å². The standard InChI is InChI=1S/C13H10BrNO3.C11H9BrN2O2/c1-8(16)6-9-2-4-10(5-3-9)15-12(17)7-11(14)13(15)18;12-9-5-10(15)14(11(9)16)8-3-1-7(6-13)2-4-8/h2-5,7H,6H2,1H3;1-5H,6,13H2. The molecule has 8 nitrogen and oxygen atoms in total. The second-order valence-electron chi connectivity index (χ2n) is 7.36. The van der Waals surface area contributed by atoms with Gasteiger partial charge in [0.1, 0.15) is 5.78 Å². The summed E-state index contributed by atoms with van der Waals surface area (Å²) in [5, 5.41) is 0. The molecule has 174 valence electrons. The molecule has 0 atom stereocenters. The summed E-state index contributed by atoms with van der Waals surface area (Å²) < 4.78 is 0.528. The first-order valence-corrected chi connectivity index (χ1v) is 11.6. The van der Waals surface area contributed by atoms with Crippen LogP contribution in [-0.2, 0) is 36.9 Å². The molecule has 2 aromatic rings. The van der Waals surface area contributed by atoms with E-state index in [2.05, 4.69) is 31.9 Å². The Bertz CT molecular complexity index is 1230. The summed E-state index contributed by atoms with van der Waals surface area (Å²) in [4.78, 5) is 59.6. The molecule has 0 fully saturated rings. The van der Waals surface area contributed by atoms with Gasteiger partial charge in [-0.2, -0.15) is 0 Å². The van der Waals surface area contributed by atoms with Gasteiger partial charge in [-0.25, -0.2) is 9.80 Å². The minimum atomic E-state index is -0.376. The fraction of sp³-hybridized carbons (Fsp3) is 0.125. The van der Waals surface area contributed by atoms with Gasteiger partial charge in [-0.05, 0) is 74.2 Å². The average molecular weight is 589 g/mol. The number of rotatable bonds is 5. The number of nitrogens with zero attached hydrogens (tertiary/aromatic N) is 2. The van der Waals surface area contributed by atoms with E-state index in [0.717, 1.165) is 20.9 Å². The van der Waals surface area contributed by atoms with Crippen molar-refractivity contribution >= 4 is 72.6 Å². The number of anilines is 2. The third-order valence-corrected chi connectivity index (χ3v) is 5.97. The Kier molecular flexibility index (Phi) is 8.08. The monoisotopic (exact) mass is 587 g/mol. The zero-order valence-corrected chi connectivity index (χ0v) is 21.1. The Morgan fingerprint density at radius 2 is 1.12 bits per heavy atom. The first-order chi connectivity index (χ1) is 16.1. The summed E-state index contributed by atoms with van der Waals surface area (Å²) in [5.74, 6) is -1.35. The summed E-state index contributed by atoms with van der Waals surface area (Å²) in [7, 11) is 0. The summed E-state index contributed by atoms with van der Waals surface area (Å²) in [6.07, 6.45) is 2.86. The highest BCUT2D eigenvalue weighted by Gasteiger charge is 2.31. The van der Waals surface area contributed by atoms with Gasteiger partial charge in [-0.1, -0.05) is 24.3 Å². The molecule has 0 unspecified atom stereocenters. The quantitative estimate of drug-likeness (QED) is 0.536. The Morgan fingerprint density at radius 1 is 0.735 bits per heavy atom. The van der Waals surface area contributed by atoms with Gasteiger partial charge in [0.15, 0.2) is 0 Å². The number of carbonyl (C=O) groups excluding carboxylic acids is 5. The van der Waals surface area contributed by atoms with Crippen LogP contribution in [0.1, 0.15) is 18.1 Å². The largest absolute Gasteiger partial charge is 0.326 e. The molecule has 2 N–H and O–H groups in total. The lowest BCUT2D eigenvalue weighted by Gasteiger charge is -2.14. The van der Waals surface area contributed by atoms with Crippen LogP contribution in [0.3, 0.4) is 0 Å². The molecule has 10 heteroatoms. The predicted molar refractivity (Wildman–Crippen MR) is 134 cm³/mol. The normalized spacial score (nSPS) is 15.3. The van der Waals surface area contributed by atoms with Crippen LogP contribution in [0.4, 0.5) is 11.4 Å². The predicted octanol–water partition coefficient (Wildman–Crippen LogP) is 3.27. The first-order valence-electron chi connectivity index (χ1n) is 10.0. The van der Waals surface area contributed by atoms with Gasteiger partial charge in [-0.3, -0.25) is 24.0 Å². The van der Waals surface area contributed by atoms with Crippen LogP contribution in [0.15, 0.2) is 69.6 Å². The minimum Gasteiger partial charge on any atom is -0.326 e. The molecular weight excluding hydrogens is 570 g/mol.